The third-order valence-corrected chi connectivity index (χ3v) is 8.99. The molecule has 172 valence electrons. The second-order valence-corrected chi connectivity index (χ2v) is 11.6. The van der Waals surface area contributed by atoms with Gasteiger partial charge in [0.05, 0.1) is 22.2 Å². The Morgan fingerprint density at radius 1 is 0.629 bits per heavy atom. The fraction of sp³-hybridized carbons (Fsp3) is 0.200. The van der Waals surface area contributed by atoms with Gasteiger partial charge in [-0.25, -0.2) is 0 Å². The summed E-state index contributed by atoms with van der Waals surface area (Å²) < 4.78 is 17.8. The maximum atomic E-state index is 6.38. The Kier molecular flexibility index (Phi) is 4.36. The summed E-state index contributed by atoms with van der Waals surface area (Å²) in [6.45, 7) is 8.40. The SMILES string of the molecule is CC1(C)OB(c2ccc3c4ccccc4n(-c4ccc5sc6ccccc6c5c4)c3c2)OC1(C)C. The second kappa shape index (κ2) is 7.20. The van der Waals surface area contributed by atoms with Crippen LogP contribution in [0.3, 0.4) is 0 Å². The van der Waals surface area contributed by atoms with Crippen molar-refractivity contribution >= 4 is 65.9 Å². The number of thiophene rings is 1. The standard InChI is InChI=1S/C30H26BNO2S/c1-29(2)30(3,4)34-31(33-29)19-13-15-22-21-9-5-7-11-25(21)32(26(22)17-19)20-14-16-28-24(18-20)23-10-6-8-12-27(23)35-28/h5-18H,1-4H3. The third kappa shape index (κ3) is 3.05. The van der Waals surface area contributed by atoms with Gasteiger partial charge in [0.2, 0.25) is 0 Å². The molecule has 1 fully saturated rings. The van der Waals surface area contributed by atoms with Crippen LogP contribution in [0.1, 0.15) is 27.7 Å². The highest BCUT2D eigenvalue weighted by Crippen LogP contribution is 2.39. The first-order chi connectivity index (χ1) is 16.8. The lowest BCUT2D eigenvalue weighted by Crippen LogP contribution is -2.41. The molecule has 1 aliphatic rings. The number of aromatic nitrogens is 1. The van der Waals surface area contributed by atoms with Gasteiger partial charge in [-0.2, -0.15) is 0 Å². The van der Waals surface area contributed by atoms with E-state index in [4.69, 9.17) is 9.31 Å². The van der Waals surface area contributed by atoms with Crippen LogP contribution in [0.5, 0.6) is 0 Å². The zero-order valence-electron chi connectivity index (χ0n) is 20.3. The molecular formula is C30H26BNO2S. The fourth-order valence-electron chi connectivity index (χ4n) is 5.24. The van der Waals surface area contributed by atoms with E-state index >= 15 is 0 Å². The van der Waals surface area contributed by atoms with Crippen LogP contribution in [0.15, 0.2) is 84.9 Å². The van der Waals surface area contributed by atoms with Crippen molar-refractivity contribution < 1.29 is 9.31 Å². The predicted octanol–water partition coefficient (Wildman–Crippen LogP) is 7.45. The van der Waals surface area contributed by atoms with Crippen molar-refractivity contribution in [3.8, 4) is 5.69 Å². The van der Waals surface area contributed by atoms with Gasteiger partial charge in [-0.05, 0) is 69.6 Å². The lowest BCUT2D eigenvalue weighted by atomic mass is 9.79. The van der Waals surface area contributed by atoms with E-state index in [0.717, 1.165) is 11.0 Å². The quantitative estimate of drug-likeness (QED) is 0.243. The van der Waals surface area contributed by atoms with Gasteiger partial charge in [-0.3, -0.25) is 0 Å². The van der Waals surface area contributed by atoms with Gasteiger partial charge in [0, 0.05) is 36.6 Å². The van der Waals surface area contributed by atoms with E-state index in [1.165, 1.54) is 42.1 Å². The number of rotatable bonds is 2. The molecule has 0 spiro atoms. The summed E-state index contributed by atoms with van der Waals surface area (Å²) in [6, 6.07) is 30.8. The minimum absolute atomic E-state index is 0.371. The summed E-state index contributed by atoms with van der Waals surface area (Å²) in [4.78, 5) is 0. The molecule has 0 N–H and O–H groups in total. The van der Waals surface area contributed by atoms with Gasteiger partial charge in [-0.15, -0.1) is 11.3 Å². The molecule has 6 aromatic rings. The normalized spacial score (nSPS) is 17.3. The van der Waals surface area contributed by atoms with Crippen LogP contribution in [0.25, 0.3) is 47.7 Å². The molecular weight excluding hydrogens is 449 g/mol. The van der Waals surface area contributed by atoms with Gasteiger partial charge < -0.3 is 13.9 Å². The zero-order chi connectivity index (χ0) is 23.9. The van der Waals surface area contributed by atoms with E-state index in [-0.39, 0.29) is 18.3 Å². The van der Waals surface area contributed by atoms with Crippen molar-refractivity contribution in [3.05, 3.63) is 84.9 Å². The van der Waals surface area contributed by atoms with Crippen LogP contribution in [-0.2, 0) is 9.31 Å². The molecule has 0 amide bonds. The average Bonchev–Trinajstić information content (AvgIpc) is 3.45. The van der Waals surface area contributed by atoms with Gasteiger partial charge in [0.1, 0.15) is 0 Å². The summed E-state index contributed by atoms with van der Waals surface area (Å²) in [5.41, 5.74) is 3.83. The smallest absolute Gasteiger partial charge is 0.399 e. The number of hydrogen-bond donors (Lipinski definition) is 0. The van der Waals surface area contributed by atoms with E-state index in [0.29, 0.717) is 0 Å². The van der Waals surface area contributed by atoms with E-state index in [9.17, 15) is 0 Å². The molecule has 35 heavy (non-hydrogen) atoms. The largest absolute Gasteiger partial charge is 0.494 e. The maximum absolute atomic E-state index is 6.38. The Morgan fingerprint density at radius 2 is 1.29 bits per heavy atom. The highest BCUT2D eigenvalue weighted by atomic mass is 32.1. The van der Waals surface area contributed by atoms with Crippen molar-refractivity contribution in [2.45, 2.75) is 38.9 Å². The highest BCUT2D eigenvalue weighted by molar-refractivity contribution is 7.25. The minimum atomic E-state index is -0.390. The van der Waals surface area contributed by atoms with Gasteiger partial charge in [0.25, 0.3) is 0 Å². The molecule has 4 aromatic carbocycles. The van der Waals surface area contributed by atoms with Crippen LogP contribution in [0, 0.1) is 0 Å². The Morgan fingerprint density at radius 3 is 2.09 bits per heavy atom. The molecule has 0 unspecified atom stereocenters. The molecule has 1 saturated heterocycles. The molecule has 7 rings (SSSR count). The van der Waals surface area contributed by atoms with Gasteiger partial charge in [-0.1, -0.05) is 48.5 Å². The van der Waals surface area contributed by atoms with Crippen molar-refractivity contribution in [3.63, 3.8) is 0 Å². The number of benzene rings is 4. The average molecular weight is 475 g/mol. The number of para-hydroxylation sites is 1. The predicted molar refractivity (Wildman–Crippen MR) is 149 cm³/mol. The summed E-state index contributed by atoms with van der Waals surface area (Å²) in [5.74, 6) is 0. The molecule has 0 aliphatic carbocycles. The van der Waals surface area contributed by atoms with Crippen LogP contribution in [0.4, 0.5) is 0 Å². The Bertz CT molecular complexity index is 1760. The molecule has 0 radical (unpaired) electrons. The molecule has 2 aromatic heterocycles. The highest BCUT2D eigenvalue weighted by Gasteiger charge is 2.51. The molecule has 3 heterocycles. The van der Waals surface area contributed by atoms with E-state index in [1.54, 1.807) is 0 Å². The molecule has 3 nitrogen and oxygen atoms in total. The Hall–Kier alpha value is -3.12. The summed E-state index contributed by atoms with van der Waals surface area (Å²) in [7, 11) is -0.390. The Labute approximate surface area is 209 Å². The van der Waals surface area contributed by atoms with Crippen LogP contribution < -0.4 is 5.46 Å². The fourth-order valence-corrected chi connectivity index (χ4v) is 6.33. The molecule has 0 bridgehead atoms. The minimum Gasteiger partial charge on any atom is -0.399 e. The zero-order valence-corrected chi connectivity index (χ0v) is 21.1. The summed E-state index contributed by atoms with van der Waals surface area (Å²) in [6.07, 6.45) is 0. The van der Waals surface area contributed by atoms with Crippen LogP contribution in [0.2, 0.25) is 0 Å². The third-order valence-electron chi connectivity index (χ3n) is 7.84. The first kappa shape index (κ1) is 21.2. The molecule has 0 atom stereocenters. The van der Waals surface area contributed by atoms with Crippen LogP contribution >= 0.6 is 11.3 Å². The van der Waals surface area contributed by atoms with E-state index < -0.39 is 0 Å². The first-order valence-corrected chi connectivity index (χ1v) is 12.9. The Balaban J connectivity index is 1.47. The first-order valence-electron chi connectivity index (χ1n) is 12.1. The van der Waals surface area contributed by atoms with Crippen molar-refractivity contribution in [1.29, 1.82) is 0 Å². The topological polar surface area (TPSA) is 23.4 Å². The number of fused-ring (bicyclic) bond motifs is 6. The van der Waals surface area contributed by atoms with E-state index in [1.807, 2.05) is 11.3 Å². The summed E-state index contributed by atoms with van der Waals surface area (Å²) >= 11 is 1.85. The van der Waals surface area contributed by atoms with Crippen molar-refractivity contribution in [2.24, 2.45) is 0 Å². The van der Waals surface area contributed by atoms with Crippen molar-refractivity contribution in [1.82, 2.24) is 4.57 Å². The van der Waals surface area contributed by atoms with Crippen LogP contribution in [-0.4, -0.2) is 22.9 Å². The second-order valence-electron chi connectivity index (χ2n) is 10.5. The molecule has 5 heteroatoms. The molecule has 0 saturated carbocycles. The maximum Gasteiger partial charge on any atom is 0.494 e. The lowest BCUT2D eigenvalue weighted by molar-refractivity contribution is 0.00578. The number of nitrogens with zero attached hydrogens (tertiary/aromatic N) is 1. The molecule has 1 aliphatic heterocycles. The summed E-state index contributed by atoms with van der Waals surface area (Å²) in [5, 5.41) is 5.10. The van der Waals surface area contributed by atoms with Gasteiger partial charge in [0.15, 0.2) is 0 Å². The van der Waals surface area contributed by atoms with Crippen molar-refractivity contribution in [2.75, 3.05) is 0 Å². The van der Waals surface area contributed by atoms with E-state index in [2.05, 4.69) is 117 Å². The van der Waals surface area contributed by atoms with Gasteiger partial charge >= 0.3 is 7.12 Å². The monoisotopic (exact) mass is 475 g/mol. The number of hydrogen-bond acceptors (Lipinski definition) is 3. The lowest BCUT2D eigenvalue weighted by Gasteiger charge is -2.32.